The molecule has 1 aliphatic rings. The van der Waals surface area contributed by atoms with Crippen LogP contribution in [0.2, 0.25) is 0 Å². The number of nitrogens with one attached hydrogen (secondary N) is 2. The van der Waals surface area contributed by atoms with Crippen molar-refractivity contribution in [3.8, 4) is 34.4 Å². The van der Waals surface area contributed by atoms with E-state index in [4.69, 9.17) is 18.9 Å². The molecule has 8 N–H and O–H groups in total. The zero-order valence-electron chi connectivity index (χ0n) is 37.8. The van der Waals surface area contributed by atoms with Gasteiger partial charge in [-0.25, -0.2) is 9.07 Å². The largest absolute Gasteiger partial charge is 0.488 e. The van der Waals surface area contributed by atoms with Crippen molar-refractivity contribution in [1.82, 2.24) is 30.6 Å². The van der Waals surface area contributed by atoms with Gasteiger partial charge in [0.05, 0.1) is 35.1 Å². The summed E-state index contributed by atoms with van der Waals surface area (Å²) < 4.78 is 136. The number of amides is 1. The predicted molar refractivity (Wildman–Crippen MR) is 252 cm³/mol. The highest BCUT2D eigenvalue weighted by atomic mass is 79.9. The van der Waals surface area contributed by atoms with E-state index < -0.39 is 96.5 Å². The van der Waals surface area contributed by atoms with E-state index in [9.17, 15) is 68.7 Å². The summed E-state index contributed by atoms with van der Waals surface area (Å²) in [6.45, 7) is 1.08. The van der Waals surface area contributed by atoms with Crippen molar-refractivity contribution in [2.45, 2.75) is 81.5 Å². The van der Waals surface area contributed by atoms with Gasteiger partial charge in [0.15, 0.2) is 12.4 Å². The summed E-state index contributed by atoms with van der Waals surface area (Å²) in [5.74, 6) is -1.78. The van der Waals surface area contributed by atoms with E-state index in [0.717, 1.165) is 32.5 Å². The maximum atomic E-state index is 14.9. The number of halogens is 2. The number of aliphatic hydroxyl groups excluding tert-OH is 3. The smallest absolute Gasteiger partial charge is 0.286 e. The number of benzene rings is 3. The summed E-state index contributed by atoms with van der Waals surface area (Å²) in [6, 6.07) is 15.7. The number of aromatic nitrogens is 4. The molecule has 29 heteroatoms. The number of rotatable bonds is 22. The third kappa shape index (κ3) is 14.1. The van der Waals surface area contributed by atoms with Gasteiger partial charge in [0, 0.05) is 36.1 Å². The van der Waals surface area contributed by atoms with Crippen LogP contribution < -0.4 is 24.8 Å². The lowest BCUT2D eigenvalue weighted by atomic mass is 9.93. The molecule has 0 aliphatic carbocycles. The first kappa shape index (κ1) is 55.6. The standard InChI is InChI=1S/C43H47BrFN7O17S3/c1-23-27(5-3-6-30(23)31-7-4-8-34(24(31)2)68-21-29-17-52(51-50-29)43-39(45)41(55)40(54)37(18-53)69-43)20-67-36-11-35(66-19-26-9-25(12-46)13-47-14-26)28(10-32(36)44)15-48-33(22-70(57,58)59)42(56)49-16-38(71(60,61)62)72(63,64)65/h3-11,13-14,17,33,37-41,43,48,53-55H,15-16,18-22H2,1-2H3,(H,49,56)(H,57,58,59)(H,60,61,62)(H,63,64,65)/t33-,37-,39-,40-,41-,43-/m1/s1. The second kappa shape index (κ2) is 23.4. The van der Waals surface area contributed by atoms with Crippen LogP contribution in [-0.2, 0) is 66.3 Å². The Morgan fingerprint density at radius 3 is 2.22 bits per heavy atom. The van der Waals surface area contributed by atoms with E-state index >= 15 is 0 Å². The molecule has 0 saturated carbocycles. The van der Waals surface area contributed by atoms with Gasteiger partial charge in [0.1, 0.15) is 73.2 Å². The molecule has 6 atom stereocenters. The topological polar surface area (TPSA) is 369 Å². The summed E-state index contributed by atoms with van der Waals surface area (Å²) in [4.78, 5) is 17.1. The minimum atomic E-state index is -5.47. The van der Waals surface area contributed by atoms with Gasteiger partial charge in [-0.1, -0.05) is 35.5 Å². The van der Waals surface area contributed by atoms with Crippen LogP contribution in [-0.4, -0.2) is 134 Å². The van der Waals surface area contributed by atoms with Crippen molar-refractivity contribution in [3.05, 3.63) is 117 Å². The highest BCUT2D eigenvalue weighted by molar-refractivity contribution is 9.10. The van der Waals surface area contributed by atoms with Gasteiger partial charge in [0.2, 0.25) is 10.5 Å². The Morgan fingerprint density at radius 1 is 0.889 bits per heavy atom. The van der Waals surface area contributed by atoms with Gasteiger partial charge in [-0.15, -0.1) is 5.10 Å². The van der Waals surface area contributed by atoms with E-state index in [2.05, 4.69) is 36.5 Å². The lowest BCUT2D eigenvalue weighted by molar-refractivity contribution is -0.237. The molecule has 3 aromatic carbocycles. The molecular weight excluding hydrogens is 1080 g/mol. The van der Waals surface area contributed by atoms with Crippen LogP contribution in [0.3, 0.4) is 0 Å². The molecule has 3 heterocycles. The SMILES string of the molecule is Cc1c(COc2cc(OCc3cncc(C#N)c3)c(CN[C@H](CS(=O)(=O)O)C(=O)NCC(S(=O)(=O)O)S(=O)(=O)O)cc2Br)cccc1-c1cccc(OCc2cn([C@@H]3O[C@H](CO)[C@@H](O)[C@H](O)[C@H]3F)nn2)c1C. The Kier molecular flexibility index (Phi) is 18.1. The number of hydrogen-bond acceptors (Lipinski definition) is 19. The number of ether oxygens (including phenoxy) is 4. The van der Waals surface area contributed by atoms with E-state index in [1.807, 2.05) is 49.5 Å². The van der Waals surface area contributed by atoms with Gasteiger partial charge in [-0.3, -0.25) is 23.4 Å². The van der Waals surface area contributed by atoms with Crippen molar-refractivity contribution < 1.29 is 82.4 Å². The van der Waals surface area contributed by atoms with Crippen molar-refractivity contribution >= 4 is 52.2 Å². The average molecular weight is 1130 g/mol. The number of pyridine rings is 1. The third-order valence-electron chi connectivity index (χ3n) is 11.2. The number of nitriles is 1. The molecular formula is C43H47BrFN7O17S3. The normalized spacial score (nSPS) is 18.8. The molecule has 1 amide bonds. The fourth-order valence-corrected chi connectivity index (χ4v) is 10.4. The van der Waals surface area contributed by atoms with Crippen LogP contribution in [0, 0.1) is 25.2 Å². The summed E-state index contributed by atoms with van der Waals surface area (Å²) in [6.07, 6.45) is -4.06. The minimum Gasteiger partial charge on any atom is -0.488 e. The first-order chi connectivity index (χ1) is 33.9. The van der Waals surface area contributed by atoms with Crippen LogP contribution in [0.5, 0.6) is 17.2 Å². The first-order valence-corrected chi connectivity index (χ1v) is 26.6. The van der Waals surface area contributed by atoms with Crippen LogP contribution >= 0.6 is 15.9 Å². The van der Waals surface area contributed by atoms with Gasteiger partial charge >= 0.3 is 0 Å². The Morgan fingerprint density at radius 2 is 1.56 bits per heavy atom. The molecule has 24 nitrogen and oxygen atoms in total. The molecule has 0 bridgehead atoms. The van der Waals surface area contributed by atoms with E-state index in [0.29, 0.717) is 21.5 Å². The number of alkyl halides is 1. The quantitative estimate of drug-likeness (QED) is 0.0458. The number of carbonyl (C=O) groups is 1. The Labute approximate surface area is 420 Å². The van der Waals surface area contributed by atoms with Crippen molar-refractivity contribution in [3.63, 3.8) is 0 Å². The highest BCUT2D eigenvalue weighted by Gasteiger charge is 2.46. The molecule has 0 unspecified atom stereocenters. The average Bonchev–Trinajstić information content (AvgIpc) is 3.79. The van der Waals surface area contributed by atoms with E-state index in [1.165, 1.54) is 36.8 Å². The maximum absolute atomic E-state index is 14.9. The van der Waals surface area contributed by atoms with Crippen LogP contribution in [0.4, 0.5) is 4.39 Å². The van der Waals surface area contributed by atoms with Gasteiger partial charge < -0.3 is 44.9 Å². The van der Waals surface area contributed by atoms with Crippen molar-refractivity contribution in [2.75, 3.05) is 18.9 Å². The zero-order chi connectivity index (χ0) is 52.7. The highest BCUT2D eigenvalue weighted by Crippen LogP contribution is 2.37. The summed E-state index contributed by atoms with van der Waals surface area (Å²) in [5, 5.41) is 51.4. The molecule has 2 aromatic heterocycles. The third-order valence-corrected chi connectivity index (χ3v) is 15.7. The Balaban J connectivity index is 1.20. The van der Waals surface area contributed by atoms with Gasteiger partial charge in [0.25, 0.3) is 30.4 Å². The van der Waals surface area contributed by atoms with Crippen molar-refractivity contribution in [2.24, 2.45) is 0 Å². The monoisotopic (exact) mass is 1130 g/mol. The Hall–Kier alpha value is -5.75. The van der Waals surface area contributed by atoms with Crippen molar-refractivity contribution in [1.29, 1.82) is 5.26 Å². The predicted octanol–water partition coefficient (Wildman–Crippen LogP) is 1.84. The molecule has 0 spiro atoms. The zero-order valence-corrected chi connectivity index (χ0v) is 41.8. The van der Waals surface area contributed by atoms with Crippen LogP contribution in [0.25, 0.3) is 11.1 Å². The second-order valence-electron chi connectivity index (χ2n) is 16.2. The molecule has 5 aromatic rings. The number of carbonyl (C=O) groups excluding carboxylic acids is 1. The fraction of sp³-hybridized carbons (Fsp3) is 0.372. The number of aliphatic hydroxyl groups is 3. The van der Waals surface area contributed by atoms with Crippen LogP contribution in [0.1, 0.15) is 45.3 Å². The molecule has 72 heavy (non-hydrogen) atoms. The molecule has 388 valence electrons. The van der Waals surface area contributed by atoms with Crippen LogP contribution in [0.15, 0.2) is 77.7 Å². The van der Waals surface area contributed by atoms with E-state index in [1.54, 1.807) is 12.1 Å². The minimum absolute atomic E-state index is 0.0124. The van der Waals surface area contributed by atoms with Gasteiger partial charge in [-0.05, 0) is 75.8 Å². The summed E-state index contributed by atoms with van der Waals surface area (Å²) in [7, 11) is -15.9. The van der Waals surface area contributed by atoms with E-state index in [-0.39, 0.29) is 49.0 Å². The summed E-state index contributed by atoms with van der Waals surface area (Å²) >= 11 is 3.48. The number of hydrogen-bond donors (Lipinski definition) is 8. The molecule has 1 fully saturated rings. The Bertz CT molecular complexity index is 3130. The molecule has 0 radical (unpaired) electrons. The van der Waals surface area contributed by atoms with Gasteiger partial charge in [-0.2, -0.15) is 30.5 Å². The summed E-state index contributed by atoms with van der Waals surface area (Å²) in [5.41, 5.74) is 5.26. The fourth-order valence-electron chi connectivity index (χ4n) is 7.37. The lowest BCUT2D eigenvalue weighted by Crippen LogP contribution is -2.55. The number of nitrogens with zero attached hydrogens (tertiary/aromatic N) is 5. The molecule has 1 aliphatic heterocycles. The maximum Gasteiger partial charge on any atom is 0.286 e. The lowest BCUT2D eigenvalue weighted by Gasteiger charge is -2.38. The molecule has 1 saturated heterocycles. The second-order valence-corrected chi connectivity index (χ2v) is 22.1. The molecule has 6 rings (SSSR count). The first-order valence-electron chi connectivity index (χ1n) is 21.2.